The summed E-state index contributed by atoms with van der Waals surface area (Å²) in [6.07, 6.45) is -7.99. The molecular formula is C19H20O10. The maximum absolute atomic E-state index is 12.8. The highest BCUT2D eigenvalue weighted by atomic mass is 16.7. The van der Waals surface area contributed by atoms with Crippen molar-refractivity contribution in [1.82, 2.24) is 0 Å². The quantitative estimate of drug-likeness (QED) is 0.310. The summed E-state index contributed by atoms with van der Waals surface area (Å²) in [6.45, 7) is -0.689. The van der Waals surface area contributed by atoms with Crippen LogP contribution in [0.1, 0.15) is 15.9 Å². The predicted molar refractivity (Wildman–Crippen MR) is 95.7 cm³/mol. The highest BCUT2D eigenvalue weighted by Gasteiger charge is 2.45. The number of aromatic hydroxyl groups is 3. The second-order valence-corrected chi connectivity index (χ2v) is 6.53. The average Bonchev–Trinajstić information content (AvgIpc) is 2.67. The summed E-state index contributed by atoms with van der Waals surface area (Å²) in [5.74, 6) is -2.45. The van der Waals surface area contributed by atoms with Crippen molar-refractivity contribution in [2.45, 2.75) is 30.7 Å². The second kappa shape index (κ2) is 8.23. The number of ether oxygens (including phenoxy) is 2. The molecule has 0 unspecified atom stereocenters. The minimum absolute atomic E-state index is 0.00430. The van der Waals surface area contributed by atoms with Crippen LogP contribution in [-0.4, -0.2) is 78.8 Å². The van der Waals surface area contributed by atoms with Gasteiger partial charge in [-0.25, -0.2) is 0 Å². The molecular weight excluding hydrogens is 388 g/mol. The number of hydrogen-bond acceptors (Lipinski definition) is 10. The summed E-state index contributed by atoms with van der Waals surface area (Å²) < 4.78 is 10.7. The van der Waals surface area contributed by atoms with Gasteiger partial charge in [-0.2, -0.15) is 0 Å². The van der Waals surface area contributed by atoms with Crippen LogP contribution in [0.15, 0.2) is 36.4 Å². The van der Waals surface area contributed by atoms with Crippen molar-refractivity contribution in [3.63, 3.8) is 0 Å². The number of phenols is 3. The summed E-state index contributed by atoms with van der Waals surface area (Å²) in [5, 5.41) is 68.7. The largest absolute Gasteiger partial charge is 0.508 e. The summed E-state index contributed by atoms with van der Waals surface area (Å²) >= 11 is 0. The lowest BCUT2D eigenvalue weighted by molar-refractivity contribution is -0.277. The van der Waals surface area contributed by atoms with Crippen LogP contribution >= 0.6 is 0 Å². The van der Waals surface area contributed by atoms with Crippen LogP contribution < -0.4 is 4.74 Å². The summed E-state index contributed by atoms with van der Waals surface area (Å²) in [7, 11) is 0. The lowest BCUT2D eigenvalue weighted by Crippen LogP contribution is -2.60. The van der Waals surface area contributed by atoms with Gasteiger partial charge in [-0.15, -0.1) is 0 Å². The van der Waals surface area contributed by atoms with Gasteiger partial charge in [-0.05, 0) is 12.1 Å². The second-order valence-electron chi connectivity index (χ2n) is 6.53. The Kier molecular flexibility index (Phi) is 5.91. The summed E-state index contributed by atoms with van der Waals surface area (Å²) in [4.78, 5) is 12.8. The minimum atomic E-state index is -1.76. The van der Waals surface area contributed by atoms with E-state index in [-0.39, 0.29) is 17.1 Å². The van der Waals surface area contributed by atoms with E-state index in [4.69, 9.17) is 9.47 Å². The third-order valence-corrected chi connectivity index (χ3v) is 4.49. The van der Waals surface area contributed by atoms with Crippen LogP contribution in [0.2, 0.25) is 0 Å². The molecule has 3 rings (SSSR count). The number of ketones is 1. The van der Waals surface area contributed by atoms with E-state index in [0.29, 0.717) is 0 Å². The summed E-state index contributed by atoms with van der Waals surface area (Å²) in [5.41, 5.74) is -0.394. The maximum atomic E-state index is 12.8. The first-order chi connectivity index (χ1) is 13.7. The molecule has 5 atom stereocenters. The predicted octanol–water partition coefficient (Wildman–Crippen LogP) is -0.787. The maximum Gasteiger partial charge on any atom is 0.229 e. The Hall–Kier alpha value is -2.89. The van der Waals surface area contributed by atoms with Crippen LogP contribution in [0.3, 0.4) is 0 Å². The first kappa shape index (κ1) is 20.8. The molecule has 0 amide bonds. The Morgan fingerprint density at radius 2 is 1.69 bits per heavy atom. The molecule has 2 aromatic carbocycles. The Bertz CT molecular complexity index is 897. The van der Waals surface area contributed by atoms with Crippen molar-refractivity contribution >= 4 is 5.78 Å². The number of carbonyl (C=O) groups excluding carboxylic acids is 1. The van der Waals surface area contributed by atoms with E-state index in [9.17, 15) is 40.5 Å². The first-order valence-electron chi connectivity index (χ1n) is 8.59. The van der Waals surface area contributed by atoms with Gasteiger partial charge in [0.25, 0.3) is 0 Å². The molecule has 1 aliphatic heterocycles. The molecule has 1 fully saturated rings. The molecule has 1 saturated heterocycles. The monoisotopic (exact) mass is 408 g/mol. The zero-order valence-corrected chi connectivity index (χ0v) is 14.9. The van der Waals surface area contributed by atoms with Gasteiger partial charge in [0.1, 0.15) is 53.0 Å². The highest BCUT2D eigenvalue weighted by Crippen LogP contribution is 2.37. The van der Waals surface area contributed by atoms with E-state index in [0.717, 1.165) is 18.2 Å². The molecule has 7 N–H and O–H groups in total. The van der Waals surface area contributed by atoms with Gasteiger partial charge in [0.15, 0.2) is 0 Å². The van der Waals surface area contributed by atoms with Gasteiger partial charge in [0.2, 0.25) is 12.1 Å². The van der Waals surface area contributed by atoms with E-state index in [1.165, 1.54) is 18.2 Å². The van der Waals surface area contributed by atoms with Gasteiger partial charge in [0, 0.05) is 17.7 Å². The van der Waals surface area contributed by atoms with Gasteiger partial charge >= 0.3 is 0 Å². The number of phenolic OH excluding ortho intramolecular Hbond substituents is 3. The molecule has 10 nitrogen and oxygen atoms in total. The molecule has 0 aliphatic carbocycles. The zero-order chi connectivity index (χ0) is 21.3. The normalized spacial score (nSPS) is 26.8. The van der Waals surface area contributed by atoms with E-state index < -0.39 is 60.2 Å². The molecule has 1 aliphatic rings. The van der Waals surface area contributed by atoms with E-state index in [1.807, 2.05) is 0 Å². The average molecular weight is 408 g/mol. The number of hydrogen-bond donors (Lipinski definition) is 7. The number of aliphatic hydroxyl groups excluding tert-OH is 4. The van der Waals surface area contributed by atoms with Crippen LogP contribution in [0.4, 0.5) is 0 Å². The van der Waals surface area contributed by atoms with Crippen molar-refractivity contribution < 1.29 is 50.0 Å². The fraction of sp³-hybridized carbons (Fsp3) is 0.316. The van der Waals surface area contributed by atoms with Crippen molar-refractivity contribution in [3.8, 4) is 23.0 Å². The molecule has 0 bridgehead atoms. The van der Waals surface area contributed by atoms with Crippen LogP contribution in [0.25, 0.3) is 0 Å². The SMILES string of the molecule is O=C(c1cccc(O)c1)c1c(O)cc(O)cc1O[C@@H]1O[C@H](CO)[C@@H](O)[C@H](O)[C@H]1O. The standard InChI is InChI=1S/C19H20O10/c20-7-13-16(25)17(26)18(27)19(29-13)28-12-6-10(22)5-11(23)14(12)15(24)8-2-1-3-9(21)4-8/h1-6,13,16-23,25-27H,7H2/t13-,16-,17+,18-,19-/m1/s1. The van der Waals surface area contributed by atoms with Crippen LogP contribution in [-0.2, 0) is 4.74 Å². The lowest BCUT2D eigenvalue weighted by Gasteiger charge is -2.39. The molecule has 0 spiro atoms. The van der Waals surface area contributed by atoms with E-state index in [2.05, 4.69) is 0 Å². The number of rotatable bonds is 5. The lowest BCUT2D eigenvalue weighted by atomic mass is 9.98. The Balaban J connectivity index is 1.98. The fourth-order valence-corrected chi connectivity index (χ4v) is 2.99. The highest BCUT2D eigenvalue weighted by molar-refractivity contribution is 6.12. The molecule has 0 aromatic heterocycles. The van der Waals surface area contributed by atoms with Gasteiger partial charge < -0.3 is 45.2 Å². The number of carbonyl (C=O) groups is 1. The summed E-state index contributed by atoms with van der Waals surface area (Å²) in [6, 6.07) is 7.18. The third kappa shape index (κ3) is 4.11. The zero-order valence-electron chi connectivity index (χ0n) is 14.9. The van der Waals surface area contributed by atoms with Crippen molar-refractivity contribution in [2.75, 3.05) is 6.61 Å². The minimum Gasteiger partial charge on any atom is -0.508 e. The number of benzene rings is 2. The topological polar surface area (TPSA) is 177 Å². The van der Waals surface area contributed by atoms with E-state index in [1.54, 1.807) is 0 Å². The molecule has 0 saturated carbocycles. The molecule has 2 aromatic rings. The van der Waals surface area contributed by atoms with Gasteiger partial charge in [0.05, 0.1) is 6.61 Å². The Morgan fingerprint density at radius 1 is 0.966 bits per heavy atom. The molecule has 156 valence electrons. The van der Waals surface area contributed by atoms with Crippen molar-refractivity contribution in [1.29, 1.82) is 0 Å². The van der Waals surface area contributed by atoms with Crippen molar-refractivity contribution in [2.24, 2.45) is 0 Å². The van der Waals surface area contributed by atoms with Gasteiger partial charge in [-0.3, -0.25) is 4.79 Å². The molecule has 1 heterocycles. The Labute approximate surface area is 164 Å². The Morgan fingerprint density at radius 3 is 2.34 bits per heavy atom. The van der Waals surface area contributed by atoms with E-state index >= 15 is 0 Å². The molecule has 29 heavy (non-hydrogen) atoms. The van der Waals surface area contributed by atoms with Gasteiger partial charge in [-0.1, -0.05) is 12.1 Å². The number of aliphatic hydroxyl groups is 4. The van der Waals surface area contributed by atoms with Crippen LogP contribution in [0, 0.1) is 0 Å². The first-order valence-corrected chi connectivity index (χ1v) is 8.59. The van der Waals surface area contributed by atoms with Crippen LogP contribution in [0.5, 0.6) is 23.0 Å². The molecule has 10 heteroatoms. The van der Waals surface area contributed by atoms with Crippen molar-refractivity contribution in [3.05, 3.63) is 47.5 Å². The third-order valence-electron chi connectivity index (χ3n) is 4.49. The molecule has 0 radical (unpaired) electrons. The fourth-order valence-electron chi connectivity index (χ4n) is 2.99. The smallest absolute Gasteiger partial charge is 0.229 e.